The maximum atomic E-state index is 12.6. The van der Waals surface area contributed by atoms with Crippen LogP contribution in [-0.4, -0.2) is 35.0 Å². The Morgan fingerprint density at radius 3 is 2.72 bits per heavy atom. The van der Waals surface area contributed by atoms with Crippen LogP contribution in [0.25, 0.3) is 0 Å². The van der Waals surface area contributed by atoms with Crippen LogP contribution in [-0.2, 0) is 9.59 Å². The van der Waals surface area contributed by atoms with Crippen molar-refractivity contribution in [1.29, 1.82) is 0 Å². The molecule has 1 N–H and O–H groups in total. The van der Waals surface area contributed by atoms with Gasteiger partial charge in [0, 0.05) is 19.0 Å². The molecule has 0 bridgehead atoms. The minimum atomic E-state index is -0.216. The minimum absolute atomic E-state index is 0.0932. The average Bonchev–Trinajstić information content (AvgIpc) is 3.11. The number of carbonyl (C=O) groups excluding carboxylic acids is 2. The molecule has 6 nitrogen and oxygen atoms in total. The van der Waals surface area contributed by atoms with Gasteiger partial charge < -0.3 is 14.7 Å². The number of unbranched alkanes of at least 4 members (excludes halogenated alkanes) is 3. The second-order valence-corrected chi connectivity index (χ2v) is 7.02. The first-order chi connectivity index (χ1) is 12.2. The molecule has 25 heavy (non-hydrogen) atoms. The van der Waals surface area contributed by atoms with Gasteiger partial charge in [0.15, 0.2) is 5.82 Å². The topological polar surface area (TPSA) is 75.4 Å². The quantitative estimate of drug-likeness (QED) is 0.648. The fourth-order valence-corrected chi connectivity index (χ4v) is 3.43. The van der Waals surface area contributed by atoms with Gasteiger partial charge in [0.2, 0.25) is 11.8 Å². The van der Waals surface area contributed by atoms with Crippen LogP contribution in [0.5, 0.6) is 0 Å². The Morgan fingerprint density at radius 2 is 2.04 bits per heavy atom. The third kappa shape index (κ3) is 7.28. The van der Waals surface area contributed by atoms with Crippen LogP contribution in [0, 0.1) is 5.92 Å². The number of aromatic nitrogens is 1. The molecule has 2 rings (SSSR count). The van der Waals surface area contributed by atoms with E-state index >= 15 is 0 Å². The number of carbonyl (C=O) groups is 2. The van der Waals surface area contributed by atoms with Crippen molar-refractivity contribution in [3.8, 4) is 0 Å². The lowest BCUT2D eigenvalue weighted by molar-refractivity contribution is -0.135. The van der Waals surface area contributed by atoms with Gasteiger partial charge in [0.25, 0.3) is 0 Å². The summed E-state index contributed by atoms with van der Waals surface area (Å²) in [5, 5.41) is 6.37. The summed E-state index contributed by atoms with van der Waals surface area (Å²) < 4.78 is 4.72. The first kappa shape index (κ1) is 19.5. The molecule has 1 aliphatic rings. The lowest BCUT2D eigenvalue weighted by Gasteiger charge is -2.29. The Bertz CT molecular complexity index is 510. The third-order valence-corrected chi connectivity index (χ3v) is 4.84. The maximum Gasteiger partial charge on any atom is 0.245 e. The van der Waals surface area contributed by atoms with E-state index in [0.29, 0.717) is 24.7 Å². The molecule has 1 fully saturated rings. The number of hydrogen-bond acceptors (Lipinski definition) is 4. The molecule has 1 aliphatic carbocycles. The number of nitrogens with zero attached hydrogens (tertiary/aromatic N) is 2. The zero-order valence-corrected chi connectivity index (χ0v) is 15.3. The van der Waals surface area contributed by atoms with Gasteiger partial charge in [-0.15, -0.1) is 0 Å². The first-order valence-corrected chi connectivity index (χ1v) is 9.67. The van der Waals surface area contributed by atoms with Crippen molar-refractivity contribution in [3.63, 3.8) is 0 Å². The third-order valence-electron chi connectivity index (χ3n) is 4.84. The predicted molar refractivity (Wildman–Crippen MR) is 97.0 cm³/mol. The predicted octanol–water partition coefficient (Wildman–Crippen LogP) is 3.99. The Balaban J connectivity index is 1.87. The molecule has 0 atom stereocenters. The van der Waals surface area contributed by atoms with Crippen LogP contribution in [0.2, 0.25) is 0 Å². The van der Waals surface area contributed by atoms with Crippen LogP contribution >= 0.6 is 0 Å². The highest BCUT2D eigenvalue weighted by Crippen LogP contribution is 2.24. The standard InChI is InChI=1S/C19H31N3O3/c1-2-3-4-8-11-19(24)22(14-16-9-6-5-7-10-16)15-18(23)20-17-12-13-25-21-17/h12-13,16H,2-11,14-15H2,1H3,(H,20,21,23). The highest BCUT2D eigenvalue weighted by Gasteiger charge is 2.23. The molecule has 1 aromatic rings. The molecule has 140 valence electrons. The van der Waals surface area contributed by atoms with Crippen LogP contribution in [0.1, 0.15) is 71.1 Å². The molecule has 0 radical (unpaired) electrons. The molecule has 6 heteroatoms. The number of amides is 2. The Kier molecular flexibility index (Phi) is 8.49. The molecular weight excluding hydrogens is 318 g/mol. The van der Waals surface area contributed by atoms with E-state index in [2.05, 4.69) is 17.4 Å². The Hall–Kier alpha value is -1.85. The Morgan fingerprint density at radius 1 is 1.24 bits per heavy atom. The summed E-state index contributed by atoms with van der Waals surface area (Å²) in [5.41, 5.74) is 0. The van der Waals surface area contributed by atoms with Crippen molar-refractivity contribution in [2.75, 3.05) is 18.4 Å². The normalized spacial score (nSPS) is 15.1. The summed E-state index contributed by atoms with van der Waals surface area (Å²) in [6.07, 6.45) is 12.3. The van der Waals surface area contributed by atoms with Gasteiger partial charge in [-0.05, 0) is 25.2 Å². The van der Waals surface area contributed by atoms with Crippen molar-refractivity contribution in [2.24, 2.45) is 5.92 Å². The molecule has 1 aromatic heterocycles. The average molecular weight is 349 g/mol. The largest absolute Gasteiger partial charge is 0.363 e. The van der Waals surface area contributed by atoms with E-state index in [1.165, 1.54) is 25.5 Å². The summed E-state index contributed by atoms with van der Waals surface area (Å²) in [6.45, 7) is 2.94. The maximum absolute atomic E-state index is 12.6. The van der Waals surface area contributed by atoms with Crippen molar-refractivity contribution in [1.82, 2.24) is 10.1 Å². The fraction of sp³-hybridized carbons (Fsp3) is 0.737. The lowest BCUT2D eigenvalue weighted by atomic mass is 9.89. The van der Waals surface area contributed by atoms with Crippen molar-refractivity contribution in [2.45, 2.75) is 71.1 Å². The summed E-state index contributed by atoms with van der Waals surface area (Å²) in [5.74, 6) is 0.787. The van der Waals surface area contributed by atoms with E-state index in [1.54, 1.807) is 11.0 Å². The van der Waals surface area contributed by atoms with Crippen LogP contribution < -0.4 is 5.32 Å². The highest BCUT2D eigenvalue weighted by molar-refractivity contribution is 5.93. The monoisotopic (exact) mass is 349 g/mol. The molecule has 1 heterocycles. The Labute approximate surface area is 150 Å². The van der Waals surface area contributed by atoms with Crippen LogP contribution in [0.4, 0.5) is 5.82 Å². The summed E-state index contributed by atoms with van der Waals surface area (Å²) in [4.78, 5) is 26.6. The molecule has 2 amide bonds. The van der Waals surface area contributed by atoms with Gasteiger partial charge in [-0.1, -0.05) is 50.6 Å². The number of anilines is 1. The molecule has 0 aromatic carbocycles. The van der Waals surface area contributed by atoms with Gasteiger partial charge in [-0.2, -0.15) is 0 Å². The smallest absolute Gasteiger partial charge is 0.245 e. The summed E-state index contributed by atoms with van der Waals surface area (Å²) >= 11 is 0. The van der Waals surface area contributed by atoms with E-state index in [1.807, 2.05) is 0 Å². The van der Waals surface area contributed by atoms with Crippen LogP contribution in [0.3, 0.4) is 0 Å². The zero-order chi connectivity index (χ0) is 17.9. The number of hydrogen-bond donors (Lipinski definition) is 1. The SMILES string of the molecule is CCCCCCC(=O)N(CC(=O)Nc1ccon1)CC1CCCCC1. The first-order valence-electron chi connectivity index (χ1n) is 9.67. The number of nitrogens with one attached hydrogen (secondary N) is 1. The molecule has 0 aliphatic heterocycles. The van der Waals surface area contributed by atoms with E-state index in [-0.39, 0.29) is 18.4 Å². The summed E-state index contributed by atoms with van der Waals surface area (Å²) in [7, 11) is 0. The lowest BCUT2D eigenvalue weighted by Crippen LogP contribution is -2.41. The van der Waals surface area contributed by atoms with E-state index in [0.717, 1.165) is 38.5 Å². The molecule has 0 saturated heterocycles. The second kappa shape index (κ2) is 10.9. The van der Waals surface area contributed by atoms with Gasteiger partial charge in [-0.25, -0.2) is 0 Å². The van der Waals surface area contributed by atoms with Gasteiger partial charge in [-0.3, -0.25) is 9.59 Å². The molecule has 0 unspecified atom stereocenters. The molecule has 1 saturated carbocycles. The van der Waals surface area contributed by atoms with Gasteiger partial charge in [0.05, 0.1) is 6.54 Å². The minimum Gasteiger partial charge on any atom is -0.363 e. The van der Waals surface area contributed by atoms with Gasteiger partial charge in [0.1, 0.15) is 6.26 Å². The molecular formula is C19H31N3O3. The fourth-order valence-electron chi connectivity index (χ4n) is 3.43. The van der Waals surface area contributed by atoms with Crippen molar-refractivity contribution >= 4 is 17.6 Å². The highest BCUT2D eigenvalue weighted by atomic mass is 16.5. The summed E-state index contributed by atoms with van der Waals surface area (Å²) in [6, 6.07) is 1.59. The van der Waals surface area contributed by atoms with E-state index < -0.39 is 0 Å². The van der Waals surface area contributed by atoms with Crippen molar-refractivity contribution < 1.29 is 14.1 Å². The van der Waals surface area contributed by atoms with E-state index in [4.69, 9.17) is 4.52 Å². The van der Waals surface area contributed by atoms with Crippen molar-refractivity contribution in [3.05, 3.63) is 12.3 Å². The molecule has 0 spiro atoms. The second-order valence-electron chi connectivity index (χ2n) is 7.02. The van der Waals surface area contributed by atoms with E-state index in [9.17, 15) is 9.59 Å². The van der Waals surface area contributed by atoms with Gasteiger partial charge >= 0.3 is 0 Å². The number of rotatable bonds is 10. The zero-order valence-electron chi connectivity index (χ0n) is 15.3. The van der Waals surface area contributed by atoms with Crippen LogP contribution in [0.15, 0.2) is 16.9 Å².